The number of likely N-dealkylation sites (N-methyl/N-ethyl adjacent to an activating group) is 1. The molecule has 3 rings (SSSR count). The molecule has 1 N–H and O–H groups in total. The van der Waals surface area contributed by atoms with Crippen LogP contribution in [-0.2, 0) is 17.9 Å². The third-order valence-corrected chi connectivity index (χ3v) is 4.46. The van der Waals surface area contributed by atoms with Crippen molar-refractivity contribution in [1.29, 1.82) is 0 Å². The first-order chi connectivity index (χ1) is 14.0. The average molecular weight is 394 g/mol. The number of carbonyl (C=O) groups excluding carboxylic acids is 1. The third-order valence-electron chi connectivity index (χ3n) is 4.46. The van der Waals surface area contributed by atoms with Crippen LogP contribution in [0.1, 0.15) is 18.2 Å². The summed E-state index contributed by atoms with van der Waals surface area (Å²) in [5, 5.41) is 2.95. The van der Waals surface area contributed by atoms with Crippen molar-refractivity contribution >= 4 is 17.5 Å². The number of hydrogen-bond acceptors (Lipinski definition) is 4. The molecule has 2 aromatic carbocycles. The van der Waals surface area contributed by atoms with Gasteiger partial charge in [0.2, 0.25) is 11.9 Å². The molecular formula is C22H23FN4O2. The average Bonchev–Trinajstić information content (AvgIpc) is 2.69. The van der Waals surface area contributed by atoms with Crippen molar-refractivity contribution in [1.82, 2.24) is 14.5 Å². The molecule has 6 nitrogen and oxygen atoms in total. The smallest absolute Gasteiger partial charge is 0.255 e. The molecular weight excluding hydrogens is 371 g/mol. The van der Waals surface area contributed by atoms with Crippen molar-refractivity contribution in [2.45, 2.75) is 26.9 Å². The lowest BCUT2D eigenvalue weighted by atomic mass is 10.2. The van der Waals surface area contributed by atoms with E-state index in [-0.39, 0.29) is 24.0 Å². The van der Waals surface area contributed by atoms with Gasteiger partial charge in [-0.3, -0.25) is 14.2 Å². The fourth-order valence-corrected chi connectivity index (χ4v) is 2.98. The number of aromatic nitrogens is 2. The van der Waals surface area contributed by atoms with Gasteiger partial charge in [0.1, 0.15) is 12.4 Å². The minimum Gasteiger partial charge on any atom is -0.337 e. The van der Waals surface area contributed by atoms with E-state index in [4.69, 9.17) is 0 Å². The van der Waals surface area contributed by atoms with Crippen LogP contribution >= 0.6 is 0 Å². The lowest BCUT2D eigenvalue weighted by Crippen LogP contribution is -2.37. The molecule has 0 saturated heterocycles. The van der Waals surface area contributed by atoms with Crippen LogP contribution < -0.4 is 10.9 Å². The van der Waals surface area contributed by atoms with Gasteiger partial charge in [0, 0.05) is 30.5 Å². The van der Waals surface area contributed by atoms with Crippen LogP contribution in [0.5, 0.6) is 0 Å². The van der Waals surface area contributed by atoms with Gasteiger partial charge in [-0.25, -0.2) is 9.37 Å². The van der Waals surface area contributed by atoms with Crippen molar-refractivity contribution < 1.29 is 9.18 Å². The molecule has 1 aromatic heterocycles. The molecule has 0 aliphatic rings. The summed E-state index contributed by atoms with van der Waals surface area (Å²) in [6.07, 6.45) is 0. The maximum absolute atomic E-state index is 13.5. The highest BCUT2D eigenvalue weighted by Crippen LogP contribution is 2.15. The van der Waals surface area contributed by atoms with Crippen LogP contribution in [0.15, 0.2) is 65.5 Å². The number of nitrogens with zero attached hydrogens (tertiary/aromatic N) is 3. The molecule has 0 fully saturated rings. The van der Waals surface area contributed by atoms with Crippen molar-refractivity contribution in [2.24, 2.45) is 0 Å². The van der Waals surface area contributed by atoms with Crippen LogP contribution in [0.25, 0.3) is 0 Å². The number of carbonyl (C=O) groups is 1. The molecule has 0 aliphatic carbocycles. The maximum Gasteiger partial charge on any atom is 0.255 e. The Kier molecular flexibility index (Phi) is 6.39. The van der Waals surface area contributed by atoms with Crippen LogP contribution in [0.2, 0.25) is 0 Å². The normalized spacial score (nSPS) is 10.6. The highest BCUT2D eigenvalue weighted by Gasteiger charge is 2.17. The molecule has 0 saturated carbocycles. The molecule has 1 heterocycles. The fraction of sp³-hybridized carbons (Fsp3) is 0.227. The van der Waals surface area contributed by atoms with Crippen molar-refractivity contribution in [3.63, 3.8) is 0 Å². The lowest BCUT2D eigenvalue weighted by molar-refractivity contribution is -0.132. The minimum atomic E-state index is -0.410. The first-order valence-corrected chi connectivity index (χ1v) is 9.39. The summed E-state index contributed by atoms with van der Waals surface area (Å²) in [4.78, 5) is 31.5. The van der Waals surface area contributed by atoms with Gasteiger partial charge in [-0.15, -0.1) is 0 Å². The van der Waals surface area contributed by atoms with E-state index in [9.17, 15) is 14.0 Å². The van der Waals surface area contributed by atoms with E-state index in [1.165, 1.54) is 22.8 Å². The van der Waals surface area contributed by atoms with E-state index < -0.39 is 5.82 Å². The van der Waals surface area contributed by atoms with Gasteiger partial charge in [0.15, 0.2) is 0 Å². The Hall–Kier alpha value is -3.48. The van der Waals surface area contributed by atoms with Gasteiger partial charge >= 0.3 is 0 Å². The van der Waals surface area contributed by atoms with Crippen molar-refractivity contribution in [2.75, 3.05) is 11.9 Å². The Morgan fingerprint density at radius 3 is 2.59 bits per heavy atom. The number of amides is 1. The standard InChI is InChI=1S/C22H23FN4O2/c1-3-26(14-17-8-5-4-6-9-17)21(29)15-27-20(28)12-16(2)24-22(27)25-19-11-7-10-18(23)13-19/h4-13H,3,14-15H2,1-2H3,(H,24,25). The van der Waals surface area contributed by atoms with Crippen LogP contribution in [0, 0.1) is 12.7 Å². The van der Waals surface area contributed by atoms with E-state index in [1.54, 1.807) is 24.0 Å². The first kappa shape index (κ1) is 20.3. The predicted octanol–water partition coefficient (Wildman–Crippen LogP) is 3.48. The van der Waals surface area contributed by atoms with Gasteiger partial charge in [-0.05, 0) is 37.6 Å². The summed E-state index contributed by atoms with van der Waals surface area (Å²) < 4.78 is 14.8. The molecule has 3 aromatic rings. The molecule has 0 spiro atoms. The SMILES string of the molecule is CCN(Cc1ccccc1)C(=O)Cn1c(Nc2cccc(F)c2)nc(C)cc1=O. The Bertz CT molecular complexity index is 1050. The molecule has 29 heavy (non-hydrogen) atoms. The number of anilines is 2. The monoisotopic (exact) mass is 394 g/mol. The van der Waals surface area contributed by atoms with Gasteiger partial charge in [0.25, 0.3) is 5.56 Å². The zero-order valence-corrected chi connectivity index (χ0v) is 16.4. The second-order valence-electron chi connectivity index (χ2n) is 6.67. The van der Waals surface area contributed by atoms with Crippen LogP contribution in [0.4, 0.5) is 16.0 Å². The zero-order chi connectivity index (χ0) is 20.8. The molecule has 7 heteroatoms. The summed E-state index contributed by atoms with van der Waals surface area (Å²) in [6, 6.07) is 16.9. The van der Waals surface area contributed by atoms with E-state index >= 15 is 0 Å². The lowest BCUT2D eigenvalue weighted by Gasteiger charge is -2.22. The topological polar surface area (TPSA) is 67.2 Å². The molecule has 1 amide bonds. The summed E-state index contributed by atoms with van der Waals surface area (Å²) in [5.41, 5.74) is 1.62. The fourth-order valence-electron chi connectivity index (χ4n) is 2.98. The van der Waals surface area contributed by atoms with Gasteiger partial charge in [0.05, 0.1) is 0 Å². The summed E-state index contributed by atoms with van der Waals surface area (Å²) in [6.45, 7) is 4.39. The van der Waals surface area contributed by atoms with Gasteiger partial charge in [-0.1, -0.05) is 36.4 Å². The summed E-state index contributed by atoms with van der Waals surface area (Å²) in [5.74, 6) is -0.413. The number of rotatable bonds is 7. The third kappa shape index (κ3) is 5.28. The highest BCUT2D eigenvalue weighted by atomic mass is 19.1. The molecule has 0 atom stereocenters. The Morgan fingerprint density at radius 1 is 1.14 bits per heavy atom. The summed E-state index contributed by atoms with van der Waals surface area (Å²) in [7, 11) is 0. The van der Waals surface area contributed by atoms with Crippen LogP contribution in [-0.4, -0.2) is 26.9 Å². The Morgan fingerprint density at radius 2 is 1.90 bits per heavy atom. The molecule has 0 bridgehead atoms. The predicted molar refractivity (Wildman–Crippen MR) is 110 cm³/mol. The van der Waals surface area contributed by atoms with Crippen LogP contribution in [0.3, 0.4) is 0 Å². The summed E-state index contributed by atoms with van der Waals surface area (Å²) >= 11 is 0. The number of hydrogen-bond donors (Lipinski definition) is 1. The zero-order valence-electron chi connectivity index (χ0n) is 16.4. The second-order valence-corrected chi connectivity index (χ2v) is 6.67. The number of aryl methyl sites for hydroxylation is 1. The number of halogens is 1. The molecule has 0 unspecified atom stereocenters. The van der Waals surface area contributed by atoms with E-state index in [2.05, 4.69) is 10.3 Å². The largest absolute Gasteiger partial charge is 0.337 e. The second kappa shape index (κ2) is 9.14. The molecule has 0 radical (unpaired) electrons. The van der Waals surface area contributed by atoms with E-state index in [0.29, 0.717) is 24.5 Å². The molecule has 0 aliphatic heterocycles. The van der Waals surface area contributed by atoms with Gasteiger partial charge < -0.3 is 10.2 Å². The van der Waals surface area contributed by atoms with E-state index in [1.807, 2.05) is 37.3 Å². The minimum absolute atomic E-state index is 0.162. The number of benzene rings is 2. The van der Waals surface area contributed by atoms with Gasteiger partial charge in [-0.2, -0.15) is 0 Å². The Balaban J connectivity index is 1.85. The number of nitrogens with one attached hydrogen (secondary N) is 1. The van der Waals surface area contributed by atoms with Crippen molar-refractivity contribution in [3.05, 3.63) is 88.1 Å². The molecule has 150 valence electrons. The Labute approximate surface area is 168 Å². The first-order valence-electron chi connectivity index (χ1n) is 9.39. The van der Waals surface area contributed by atoms with Crippen molar-refractivity contribution in [3.8, 4) is 0 Å². The quantitative estimate of drug-likeness (QED) is 0.666. The maximum atomic E-state index is 13.5. The van der Waals surface area contributed by atoms with E-state index in [0.717, 1.165) is 5.56 Å². The highest BCUT2D eigenvalue weighted by molar-refractivity contribution is 5.76.